The quantitative estimate of drug-likeness (QED) is 0.843. The first-order chi connectivity index (χ1) is 8.58. The lowest BCUT2D eigenvalue weighted by molar-refractivity contribution is 0.0740. The van der Waals surface area contributed by atoms with E-state index in [1.54, 1.807) is 12.3 Å². The van der Waals surface area contributed by atoms with E-state index >= 15 is 0 Å². The molecule has 0 bridgehead atoms. The van der Waals surface area contributed by atoms with Crippen molar-refractivity contribution in [3.05, 3.63) is 24.0 Å². The second kappa shape index (κ2) is 6.99. The van der Waals surface area contributed by atoms with Crippen LogP contribution in [-0.4, -0.2) is 35.4 Å². The molecular weight excluding hydrogens is 226 g/mol. The number of carbonyl (C=O) groups excluding carboxylic acids is 1. The van der Waals surface area contributed by atoms with Crippen molar-refractivity contribution in [1.29, 1.82) is 0 Å². The summed E-state index contributed by atoms with van der Waals surface area (Å²) in [6.07, 6.45) is 1.71. The lowest BCUT2D eigenvalue weighted by Gasteiger charge is -2.22. The lowest BCUT2D eigenvalue weighted by atomic mass is 10.2. The first-order valence-electron chi connectivity index (χ1n) is 6.57. The van der Waals surface area contributed by atoms with Gasteiger partial charge in [-0.05, 0) is 31.9 Å². The van der Waals surface area contributed by atoms with Crippen LogP contribution < -0.4 is 5.32 Å². The van der Waals surface area contributed by atoms with Crippen LogP contribution in [0.3, 0.4) is 0 Å². The second-order valence-corrected chi connectivity index (χ2v) is 4.70. The average Bonchev–Trinajstić information content (AvgIpc) is 2.36. The van der Waals surface area contributed by atoms with Gasteiger partial charge in [0.25, 0.3) is 5.91 Å². The minimum atomic E-state index is 0.00856. The Bertz CT molecular complexity index is 373. The summed E-state index contributed by atoms with van der Waals surface area (Å²) in [6.45, 7) is 10.6. The van der Waals surface area contributed by atoms with Gasteiger partial charge >= 0.3 is 0 Å². The van der Waals surface area contributed by atoms with E-state index in [4.69, 9.17) is 0 Å². The molecule has 0 atom stereocenters. The van der Waals surface area contributed by atoms with E-state index in [1.807, 2.05) is 24.8 Å². The van der Waals surface area contributed by atoms with Crippen LogP contribution in [0.15, 0.2) is 18.3 Å². The predicted octanol–water partition coefficient (Wildman–Crippen LogP) is 2.63. The van der Waals surface area contributed by atoms with E-state index in [2.05, 4.69) is 24.1 Å². The average molecular weight is 249 g/mol. The summed E-state index contributed by atoms with van der Waals surface area (Å²) in [5, 5.41) is 3.16. The number of carbonyl (C=O) groups is 1. The number of pyridine rings is 1. The highest BCUT2D eigenvalue weighted by atomic mass is 16.2. The molecule has 0 radical (unpaired) electrons. The van der Waals surface area contributed by atoms with E-state index < -0.39 is 0 Å². The van der Waals surface area contributed by atoms with Crippen LogP contribution in [0.5, 0.6) is 0 Å². The maximum absolute atomic E-state index is 12.2. The SMILES string of the molecule is CCNc1ccc(C(=O)N(CC)CC(C)C)nc1. The first-order valence-corrected chi connectivity index (χ1v) is 6.57. The molecule has 0 aromatic carbocycles. The standard InChI is InChI=1S/C14H23N3O/c1-5-15-12-7-8-13(16-9-12)14(18)17(6-2)10-11(3)4/h7-9,11,15H,5-6,10H2,1-4H3. The van der Waals surface area contributed by atoms with Gasteiger partial charge in [-0.15, -0.1) is 0 Å². The van der Waals surface area contributed by atoms with Crippen molar-refractivity contribution in [2.45, 2.75) is 27.7 Å². The normalized spacial score (nSPS) is 10.5. The fraction of sp³-hybridized carbons (Fsp3) is 0.571. The van der Waals surface area contributed by atoms with Crippen molar-refractivity contribution in [3.8, 4) is 0 Å². The Hall–Kier alpha value is -1.58. The van der Waals surface area contributed by atoms with Crippen LogP contribution in [0.25, 0.3) is 0 Å². The fourth-order valence-corrected chi connectivity index (χ4v) is 1.79. The lowest BCUT2D eigenvalue weighted by Crippen LogP contribution is -2.34. The highest BCUT2D eigenvalue weighted by Gasteiger charge is 2.16. The number of rotatable bonds is 6. The van der Waals surface area contributed by atoms with Gasteiger partial charge in [0.1, 0.15) is 5.69 Å². The summed E-state index contributed by atoms with van der Waals surface area (Å²) >= 11 is 0. The number of hydrogen-bond donors (Lipinski definition) is 1. The third kappa shape index (κ3) is 4.02. The molecule has 4 nitrogen and oxygen atoms in total. The third-order valence-electron chi connectivity index (χ3n) is 2.62. The summed E-state index contributed by atoms with van der Waals surface area (Å²) in [4.78, 5) is 18.3. The smallest absolute Gasteiger partial charge is 0.272 e. The largest absolute Gasteiger partial charge is 0.384 e. The van der Waals surface area contributed by atoms with Gasteiger partial charge in [-0.2, -0.15) is 0 Å². The Morgan fingerprint density at radius 1 is 1.39 bits per heavy atom. The highest BCUT2D eigenvalue weighted by molar-refractivity contribution is 5.92. The van der Waals surface area contributed by atoms with E-state index in [1.165, 1.54) is 0 Å². The van der Waals surface area contributed by atoms with Crippen molar-refractivity contribution >= 4 is 11.6 Å². The number of amides is 1. The number of aromatic nitrogens is 1. The number of nitrogens with zero attached hydrogens (tertiary/aromatic N) is 2. The van der Waals surface area contributed by atoms with E-state index in [-0.39, 0.29) is 5.91 Å². The van der Waals surface area contributed by atoms with Crippen molar-refractivity contribution < 1.29 is 4.79 Å². The maximum Gasteiger partial charge on any atom is 0.272 e. The fourth-order valence-electron chi connectivity index (χ4n) is 1.79. The molecule has 0 fully saturated rings. The highest BCUT2D eigenvalue weighted by Crippen LogP contribution is 2.09. The summed E-state index contributed by atoms with van der Waals surface area (Å²) in [5.41, 5.74) is 1.46. The van der Waals surface area contributed by atoms with Gasteiger partial charge in [-0.1, -0.05) is 13.8 Å². The van der Waals surface area contributed by atoms with Crippen molar-refractivity contribution in [3.63, 3.8) is 0 Å². The van der Waals surface area contributed by atoms with Gasteiger partial charge in [0.15, 0.2) is 0 Å². The number of anilines is 1. The van der Waals surface area contributed by atoms with Gasteiger partial charge in [0.05, 0.1) is 11.9 Å². The molecule has 1 heterocycles. The van der Waals surface area contributed by atoms with Gasteiger partial charge < -0.3 is 10.2 Å². The molecule has 1 aromatic rings. The zero-order chi connectivity index (χ0) is 13.5. The molecule has 0 aliphatic carbocycles. The van der Waals surface area contributed by atoms with Crippen molar-refractivity contribution in [1.82, 2.24) is 9.88 Å². The number of nitrogens with one attached hydrogen (secondary N) is 1. The predicted molar refractivity (Wildman–Crippen MR) is 74.8 cm³/mol. The molecule has 0 saturated heterocycles. The van der Waals surface area contributed by atoms with Crippen molar-refractivity contribution in [2.75, 3.05) is 25.0 Å². The minimum Gasteiger partial charge on any atom is -0.384 e. The zero-order valence-electron chi connectivity index (χ0n) is 11.7. The molecule has 0 spiro atoms. The molecule has 0 aliphatic rings. The Morgan fingerprint density at radius 2 is 2.11 bits per heavy atom. The summed E-state index contributed by atoms with van der Waals surface area (Å²) in [5.74, 6) is 0.476. The first kappa shape index (κ1) is 14.5. The Labute approximate surface area is 109 Å². The van der Waals surface area contributed by atoms with Crippen molar-refractivity contribution in [2.24, 2.45) is 5.92 Å². The van der Waals surface area contributed by atoms with Gasteiger partial charge in [-0.3, -0.25) is 4.79 Å². The summed E-state index contributed by atoms with van der Waals surface area (Å²) in [7, 11) is 0. The minimum absolute atomic E-state index is 0.00856. The second-order valence-electron chi connectivity index (χ2n) is 4.70. The maximum atomic E-state index is 12.2. The molecule has 0 aliphatic heterocycles. The Kier molecular flexibility index (Phi) is 5.62. The molecular formula is C14H23N3O. The topological polar surface area (TPSA) is 45.2 Å². The zero-order valence-corrected chi connectivity index (χ0v) is 11.7. The monoisotopic (exact) mass is 249 g/mol. The van der Waals surface area contributed by atoms with Crippen LogP contribution in [0.1, 0.15) is 38.2 Å². The Balaban J connectivity index is 2.75. The number of hydrogen-bond acceptors (Lipinski definition) is 3. The summed E-state index contributed by atoms with van der Waals surface area (Å²) < 4.78 is 0. The van der Waals surface area contributed by atoms with E-state index in [0.29, 0.717) is 18.2 Å². The molecule has 4 heteroatoms. The van der Waals surface area contributed by atoms with Crippen LogP contribution >= 0.6 is 0 Å². The van der Waals surface area contributed by atoms with Gasteiger partial charge in [-0.25, -0.2) is 4.98 Å². The van der Waals surface area contributed by atoms with Crippen LogP contribution in [-0.2, 0) is 0 Å². The van der Waals surface area contributed by atoms with E-state index in [0.717, 1.165) is 18.8 Å². The Morgan fingerprint density at radius 3 is 2.56 bits per heavy atom. The van der Waals surface area contributed by atoms with Crippen LogP contribution in [0, 0.1) is 5.92 Å². The van der Waals surface area contributed by atoms with Crippen LogP contribution in [0.4, 0.5) is 5.69 Å². The van der Waals surface area contributed by atoms with Crippen LogP contribution in [0.2, 0.25) is 0 Å². The summed E-state index contributed by atoms with van der Waals surface area (Å²) in [6, 6.07) is 3.68. The molecule has 0 unspecified atom stereocenters. The van der Waals surface area contributed by atoms with Gasteiger partial charge in [0.2, 0.25) is 0 Å². The molecule has 1 rings (SSSR count). The molecule has 100 valence electrons. The third-order valence-corrected chi connectivity index (χ3v) is 2.62. The van der Waals surface area contributed by atoms with Gasteiger partial charge in [0, 0.05) is 19.6 Å². The molecule has 0 saturated carbocycles. The molecule has 18 heavy (non-hydrogen) atoms. The molecule has 1 aromatic heterocycles. The van der Waals surface area contributed by atoms with E-state index in [9.17, 15) is 4.79 Å². The molecule has 1 amide bonds. The molecule has 1 N–H and O–H groups in total.